The van der Waals surface area contributed by atoms with Crippen LogP contribution in [-0.4, -0.2) is 31.6 Å². The van der Waals surface area contributed by atoms with Crippen LogP contribution in [0.5, 0.6) is 0 Å². The molecule has 0 radical (unpaired) electrons. The number of carbonyl (C=O) groups is 1. The van der Waals surface area contributed by atoms with E-state index in [9.17, 15) is 13.2 Å². The molecular weight excluding hydrogens is 422 g/mol. The molecule has 0 bridgehead atoms. The Morgan fingerprint density at radius 2 is 1.57 bits per heavy atom. The lowest BCUT2D eigenvalue weighted by molar-refractivity contribution is -0.116. The summed E-state index contributed by atoms with van der Waals surface area (Å²) in [7, 11) is -3.68. The second-order valence-electron chi connectivity index (χ2n) is 6.93. The summed E-state index contributed by atoms with van der Waals surface area (Å²) in [6, 6.07) is 16.7. The molecule has 0 aliphatic carbocycles. The Bertz CT molecular complexity index is 1100. The van der Waals surface area contributed by atoms with Crippen molar-refractivity contribution in [1.29, 1.82) is 0 Å². The van der Waals surface area contributed by atoms with E-state index in [4.69, 9.17) is 11.6 Å². The zero-order chi connectivity index (χ0) is 21.7. The fraction of sp³-hybridized carbons (Fsp3) is 0.182. The lowest BCUT2D eigenvalue weighted by atomic mass is 10.1. The molecule has 0 aliphatic heterocycles. The molecule has 1 N–H and O–H groups in total. The molecule has 30 heavy (non-hydrogen) atoms. The first-order chi connectivity index (χ1) is 14.2. The maximum absolute atomic E-state index is 12.8. The van der Waals surface area contributed by atoms with Crippen LogP contribution in [0.2, 0.25) is 5.02 Å². The third-order valence-corrected chi connectivity index (χ3v) is 6.04. The van der Waals surface area contributed by atoms with Crippen LogP contribution >= 0.6 is 11.6 Å². The first-order valence-electron chi connectivity index (χ1n) is 9.28. The van der Waals surface area contributed by atoms with Gasteiger partial charge in [-0.25, -0.2) is 8.42 Å². The second kappa shape index (κ2) is 9.28. The lowest BCUT2D eigenvalue weighted by Crippen LogP contribution is -2.45. The molecule has 0 spiro atoms. The van der Waals surface area contributed by atoms with Crippen LogP contribution in [0.15, 0.2) is 73.1 Å². The van der Waals surface area contributed by atoms with Crippen molar-refractivity contribution in [2.24, 2.45) is 0 Å². The number of benzene rings is 2. The number of pyridine rings is 1. The van der Waals surface area contributed by atoms with E-state index >= 15 is 0 Å². The molecule has 1 amide bonds. The van der Waals surface area contributed by atoms with Gasteiger partial charge >= 0.3 is 0 Å². The van der Waals surface area contributed by atoms with Crippen LogP contribution in [0.1, 0.15) is 18.1 Å². The Morgan fingerprint density at radius 1 is 1.00 bits per heavy atom. The number of nitrogens with zero attached hydrogens (tertiary/aromatic N) is 2. The quantitative estimate of drug-likeness (QED) is 0.595. The van der Waals surface area contributed by atoms with Crippen molar-refractivity contribution in [2.75, 3.05) is 15.9 Å². The number of anilines is 2. The third kappa shape index (κ3) is 5.58. The van der Waals surface area contributed by atoms with Crippen molar-refractivity contribution < 1.29 is 13.2 Å². The SMILES string of the molecule is C[C@@H](C(=O)Nc1ccc(Cc2ccncc2)cc1)N(c1ccc(Cl)cc1)S(C)(=O)=O. The van der Waals surface area contributed by atoms with Crippen molar-refractivity contribution in [3.8, 4) is 0 Å². The molecule has 0 aliphatic rings. The van der Waals surface area contributed by atoms with Crippen molar-refractivity contribution in [2.45, 2.75) is 19.4 Å². The fourth-order valence-corrected chi connectivity index (χ4v) is 4.39. The van der Waals surface area contributed by atoms with Gasteiger partial charge in [-0.1, -0.05) is 23.7 Å². The summed E-state index contributed by atoms with van der Waals surface area (Å²) in [5.41, 5.74) is 3.19. The molecule has 6 nitrogen and oxygen atoms in total. The maximum atomic E-state index is 12.8. The highest BCUT2D eigenvalue weighted by atomic mass is 35.5. The van der Waals surface area contributed by atoms with Crippen LogP contribution in [0.3, 0.4) is 0 Å². The van der Waals surface area contributed by atoms with E-state index in [0.29, 0.717) is 16.4 Å². The summed E-state index contributed by atoms with van der Waals surface area (Å²) in [4.78, 5) is 16.8. The van der Waals surface area contributed by atoms with Crippen LogP contribution in [0.4, 0.5) is 11.4 Å². The second-order valence-corrected chi connectivity index (χ2v) is 9.23. The van der Waals surface area contributed by atoms with Gasteiger partial charge in [0.05, 0.1) is 11.9 Å². The average molecular weight is 444 g/mol. The first-order valence-corrected chi connectivity index (χ1v) is 11.5. The summed E-state index contributed by atoms with van der Waals surface area (Å²) in [5, 5.41) is 3.27. The molecule has 0 fully saturated rings. The Labute approximate surface area is 181 Å². The number of sulfonamides is 1. The molecule has 1 atom stereocenters. The molecule has 2 aromatic carbocycles. The van der Waals surface area contributed by atoms with Crippen LogP contribution < -0.4 is 9.62 Å². The molecule has 3 aromatic rings. The Balaban J connectivity index is 1.72. The van der Waals surface area contributed by atoms with E-state index in [2.05, 4.69) is 10.3 Å². The number of aromatic nitrogens is 1. The average Bonchev–Trinajstić information content (AvgIpc) is 2.71. The number of carbonyl (C=O) groups excluding carboxylic acids is 1. The van der Waals surface area contributed by atoms with E-state index in [0.717, 1.165) is 28.1 Å². The van der Waals surface area contributed by atoms with Crippen LogP contribution in [-0.2, 0) is 21.2 Å². The highest BCUT2D eigenvalue weighted by molar-refractivity contribution is 7.92. The Kier molecular flexibility index (Phi) is 6.74. The van der Waals surface area contributed by atoms with Gasteiger partial charge in [0, 0.05) is 23.1 Å². The number of hydrogen-bond acceptors (Lipinski definition) is 4. The molecule has 1 heterocycles. The lowest BCUT2D eigenvalue weighted by Gasteiger charge is -2.28. The zero-order valence-corrected chi connectivity index (χ0v) is 18.2. The van der Waals surface area contributed by atoms with E-state index in [1.807, 2.05) is 24.3 Å². The highest BCUT2D eigenvalue weighted by Gasteiger charge is 2.29. The summed E-state index contributed by atoms with van der Waals surface area (Å²) in [6.07, 6.45) is 5.32. The summed E-state index contributed by atoms with van der Waals surface area (Å²) < 4.78 is 25.8. The maximum Gasteiger partial charge on any atom is 0.247 e. The van der Waals surface area contributed by atoms with E-state index in [1.54, 1.807) is 55.7 Å². The van der Waals surface area contributed by atoms with Crippen molar-refractivity contribution in [1.82, 2.24) is 4.98 Å². The molecule has 8 heteroatoms. The predicted octanol–water partition coefficient (Wildman–Crippen LogP) is 4.12. The minimum absolute atomic E-state index is 0.372. The molecule has 0 saturated heterocycles. The fourth-order valence-electron chi connectivity index (χ4n) is 3.09. The molecular formula is C22H22ClN3O3S. The summed E-state index contributed by atoms with van der Waals surface area (Å²) in [5.74, 6) is -0.433. The van der Waals surface area contributed by atoms with Gasteiger partial charge in [0.2, 0.25) is 15.9 Å². The third-order valence-electron chi connectivity index (χ3n) is 4.55. The molecule has 0 saturated carbocycles. The zero-order valence-electron chi connectivity index (χ0n) is 16.6. The van der Waals surface area contributed by atoms with Gasteiger partial charge in [-0.2, -0.15) is 0 Å². The van der Waals surface area contributed by atoms with Gasteiger partial charge < -0.3 is 5.32 Å². The number of hydrogen-bond donors (Lipinski definition) is 1. The Morgan fingerprint density at radius 3 is 2.13 bits per heavy atom. The topological polar surface area (TPSA) is 79.4 Å². The van der Waals surface area contributed by atoms with E-state index < -0.39 is 22.0 Å². The van der Waals surface area contributed by atoms with E-state index in [-0.39, 0.29) is 0 Å². The monoisotopic (exact) mass is 443 g/mol. The van der Waals surface area contributed by atoms with Crippen molar-refractivity contribution in [3.05, 3.63) is 89.2 Å². The molecule has 3 rings (SSSR count). The number of amides is 1. The predicted molar refractivity (Wildman–Crippen MR) is 120 cm³/mol. The minimum Gasteiger partial charge on any atom is -0.324 e. The van der Waals surface area contributed by atoms with Gasteiger partial charge in [0.25, 0.3) is 0 Å². The van der Waals surface area contributed by atoms with Crippen LogP contribution in [0.25, 0.3) is 0 Å². The van der Waals surface area contributed by atoms with E-state index in [1.165, 1.54) is 0 Å². The standard InChI is InChI=1S/C22H22ClN3O3S/c1-16(26(30(2,28)29)21-9-5-19(23)6-10-21)22(27)25-20-7-3-17(4-8-20)15-18-11-13-24-14-12-18/h3-14,16H,15H2,1-2H3,(H,25,27)/t16-/m0/s1. The highest BCUT2D eigenvalue weighted by Crippen LogP contribution is 2.24. The normalized spacial score (nSPS) is 12.2. The number of nitrogens with one attached hydrogen (secondary N) is 1. The summed E-state index contributed by atoms with van der Waals surface area (Å²) in [6.45, 7) is 1.54. The van der Waals surface area contributed by atoms with Gasteiger partial charge in [-0.05, 0) is 73.0 Å². The first kappa shape index (κ1) is 21.8. The Hall–Kier alpha value is -2.90. The molecule has 1 aromatic heterocycles. The van der Waals surface area contributed by atoms with Crippen molar-refractivity contribution in [3.63, 3.8) is 0 Å². The van der Waals surface area contributed by atoms with Crippen LogP contribution in [0, 0.1) is 0 Å². The summed E-state index contributed by atoms with van der Waals surface area (Å²) >= 11 is 5.89. The van der Waals surface area contributed by atoms with Gasteiger partial charge in [0.15, 0.2) is 0 Å². The minimum atomic E-state index is -3.68. The number of halogens is 1. The largest absolute Gasteiger partial charge is 0.324 e. The molecule has 0 unspecified atom stereocenters. The van der Waals surface area contributed by atoms with Gasteiger partial charge in [-0.15, -0.1) is 0 Å². The van der Waals surface area contributed by atoms with Gasteiger partial charge in [0.1, 0.15) is 6.04 Å². The van der Waals surface area contributed by atoms with Gasteiger partial charge in [-0.3, -0.25) is 14.1 Å². The molecule has 156 valence electrons. The number of rotatable bonds is 7. The van der Waals surface area contributed by atoms with Crippen molar-refractivity contribution >= 4 is 38.9 Å². The smallest absolute Gasteiger partial charge is 0.247 e.